The number of aliphatic hydroxyl groups is 2. The Kier molecular flexibility index (Phi) is 4.45. The van der Waals surface area contributed by atoms with Gasteiger partial charge in [-0.2, -0.15) is 0 Å². The van der Waals surface area contributed by atoms with E-state index < -0.39 is 0 Å². The first-order chi connectivity index (χ1) is 10.9. The molecule has 0 aromatic heterocycles. The van der Waals surface area contributed by atoms with Crippen LogP contribution in [0.4, 0.5) is 0 Å². The first-order valence-corrected chi connectivity index (χ1v) is 8.93. The van der Waals surface area contributed by atoms with Crippen molar-refractivity contribution in [3.8, 4) is 5.75 Å². The fourth-order valence-electron chi connectivity index (χ4n) is 5.13. The lowest BCUT2D eigenvalue weighted by Gasteiger charge is -2.51. The van der Waals surface area contributed by atoms with Gasteiger partial charge in [-0.3, -0.25) is 0 Å². The van der Waals surface area contributed by atoms with Gasteiger partial charge >= 0.3 is 0 Å². The van der Waals surface area contributed by atoms with E-state index in [1.165, 1.54) is 16.7 Å². The van der Waals surface area contributed by atoms with Crippen molar-refractivity contribution in [2.75, 3.05) is 13.7 Å². The molecule has 0 aliphatic heterocycles. The fraction of sp³-hybridized carbons (Fsp3) is 0.700. The van der Waals surface area contributed by atoms with E-state index in [1.54, 1.807) is 7.11 Å². The van der Waals surface area contributed by atoms with Crippen LogP contribution in [0.5, 0.6) is 5.75 Å². The van der Waals surface area contributed by atoms with Crippen LogP contribution in [0, 0.1) is 11.8 Å². The van der Waals surface area contributed by atoms with Gasteiger partial charge in [-0.05, 0) is 59.6 Å². The summed E-state index contributed by atoms with van der Waals surface area (Å²) in [5.74, 6) is 1.85. The molecule has 3 nitrogen and oxygen atoms in total. The second-order valence-electron chi connectivity index (χ2n) is 7.88. The molecule has 2 aliphatic rings. The van der Waals surface area contributed by atoms with Crippen LogP contribution in [-0.4, -0.2) is 30.0 Å². The molecule has 3 rings (SSSR count). The Balaban J connectivity index is 2.10. The Morgan fingerprint density at radius 3 is 2.65 bits per heavy atom. The molecule has 0 radical (unpaired) electrons. The molecule has 0 saturated heterocycles. The lowest BCUT2D eigenvalue weighted by atomic mass is 9.54. The number of aliphatic hydroxyl groups excluding tert-OH is 2. The maximum absolute atomic E-state index is 10.3. The van der Waals surface area contributed by atoms with Crippen LogP contribution in [-0.2, 0) is 11.8 Å². The van der Waals surface area contributed by atoms with Crippen molar-refractivity contribution in [2.24, 2.45) is 11.8 Å². The molecule has 4 atom stereocenters. The minimum atomic E-state index is -0.364. The number of rotatable bonds is 3. The highest BCUT2D eigenvalue weighted by molar-refractivity contribution is 5.52. The van der Waals surface area contributed by atoms with E-state index in [9.17, 15) is 10.2 Å². The third-order valence-electron chi connectivity index (χ3n) is 6.44. The molecule has 2 N–H and O–H groups in total. The average Bonchev–Trinajstić information content (AvgIpc) is 2.54. The predicted octanol–water partition coefficient (Wildman–Crippen LogP) is 3.40. The Morgan fingerprint density at radius 1 is 1.30 bits per heavy atom. The van der Waals surface area contributed by atoms with E-state index in [1.807, 2.05) is 0 Å². The third-order valence-corrected chi connectivity index (χ3v) is 6.44. The number of hydrogen-bond donors (Lipinski definition) is 2. The molecule has 2 aliphatic carbocycles. The molecule has 0 unspecified atom stereocenters. The first kappa shape index (κ1) is 16.8. The van der Waals surface area contributed by atoms with Crippen LogP contribution >= 0.6 is 0 Å². The van der Waals surface area contributed by atoms with Crippen LogP contribution in [0.3, 0.4) is 0 Å². The van der Waals surface area contributed by atoms with Gasteiger partial charge in [-0.15, -0.1) is 0 Å². The summed E-state index contributed by atoms with van der Waals surface area (Å²) in [6, 6.07) is 4.50. The zero-order chi connectivity index (χ0) is 16.8. The van der Waals surface area contributed by atoms with Crippen molar-refractivity contribution in [3.05, 3.63) is 28.8 Å². The lowest BCUT2D eigenvalue weighted by molar-refractivity contribution is -0.0412. The van der Waals surface area contributed by atoms with E-state index in [2.05, 4.69) is 32.9 Å². The molecule has 23 heavy (non-hydrogen) atoms. The summed E-state index contributed by atoms with van der Waals surface area (Å²) in [5.41, 5.74) is 4.04. The lowest BCUT2D eigenvalue weighted by Crippen LogP contribution is -2.50. The topological polar surface area (TPSA) is 49.7 Å². The Labute approximate surface area is 139 Å². The van der Waals surface area contributed by atoms with Crippen molar-refractivity contribution >= 4 is 0 Å². The van der Waals surface area contributed by atoms with Crippen LogP contribution in [0.25, 0.3) is 0 Å². The van der Waals surface area contributed by atoms with Gasteiger partial charge in [0.2, 0.25) is 0 Å². The number of fused-ring (bicyclic) bond motifs is 3. The summed E-state index contributed by atoms with van der Waals surface area (Å²) < 4.78 is 5.81. The summed E-state index contributed by atoms with van der Waals surface area (Å²) in [4.78, 5) is 0. The molecule has 0 amide bonds. The summed E-state index contributed by atoms with van der Waals surface area (Å²) >= 11 is 0. The molecule has 1 saturated carbocycles. The second-order valence-corrected chi connectivity index (χ2v) is 7.88. The second kappa shape index (κ2) is 6.10. The number of benzene rings is 1. The number of methoxy groups -OCH3 is 1. The van der Waals surface area contributed by atoms with Crippen LogP contribution in [0.15, 0.2) is 12.1 Å². The molecule has 1 fully saturated rings. The monoisotopic (exact) mass is 318 g/mol. The van der Waals surface area contributed by atoms with Crippen molar-refractivity contribution in [1.82, 2.24) is 0 Å². The van der Waals surface area contributed by atoms with Crippen LogP contribution in [0.2, 0.25) is 0 Å². The van der Waals surface area contributed by atoms with Gasteiger partial charge < -0.3 is 14.9 Å². The van der Waals surface area contributed by atoms with Crippen LogP contribution < -0.4 is 4.74 Å². The molecule has 128 valence electrons. The highest BCUT2D eigenvalue weighted by Gasteiger charge is 2.49. The largest absolute Gasteiger partial charge is 0.496 e. The van der Waals surface area contributed by atoms with E-state index in [-0.39, 0.29) is 24.0 Å². The molecule has 0 bridgehead atoms. The Bertz CT molecular complexity index is 580. The normalized spacial score (nSPS) is 33.3. The number of ether oxygens (including phenoxy) is 1. The molecule has 3 heteroatoms. The zero-order valence-electron chi connectivity index (χ0n) is 14.8. The van der Waals surface area contributed by atoms with Crippen molar-refractivity contribution in [2.45, 2.75) is 63.9 Å². The zero-order valence-corrected chi connectivity index (χ0v) is 14.8. The fourth-order valence-corrected chi connectivity index (χ4v) is 5.13. The maximum atomic E-state index is 10.3. The third kappa shape index (κ3) is 2.49. The standard InChI is InChI=1S/C20H30O3/c1-12(2)13-5-7-16-14(19(13)23-4)6-8-17-15(11-21)18(22)9-10-20(16,17)3/h5,7,12,15,17-18,21-22H,6,8-11H2,1-4H3/t15-,17+,18-,20-/m1/s1. The Morgan fingerprint density at radius 2 is 2.04 bits per heavy atom. The summed E-state index contributed by atoms with van der Waals surface area (Å²) in [7, 11) is 1.77. The maximum Gasteiger partial charge on any atom is 0.125 e. The van der Waals surface area contributed by atoms with Crippen LogP contribution in [0.1, 0.15) is 62.6 Å². The van der Waals surface area contributed by atoms with E-state index >= 15 is 0 Å². The Hall–Kier alpha value is -1.06. The van der Waals surface area contributed by atoms with Gasteiger partial charge in [0.25, 0.3) is 0 Å². The van der Waals surface area contributed by atoms with E-state index in [4.69, 9.17) is 4.74 Å². The highest BCUT2D eigenvalue weighted by Crippen LogP contribution is 2.54. The average molecular weight is 318 g/mol. The molecule has 0 spiro atoms. The van der Waals surface area contributed by atoms with E-state index in [0.717, 1.165) is 31.4 Å². The smallest absolute Gasteiger partial charge is 0.125 e. The molecular formula is C20H30O3. The van der Waals surface area contributed by atoms with Gasteiger partial charge in [0.1, 0.15) is 5.75 Å². The minimum Gasteiger partial charge on any atom is -0.496 e. The van der Waals surface area contributed by atoms with Gasteiger partial charge in [0.05, 0.1) is 13.2 Å². The van der Waals surface area contributed by atoms with Gasteiger partial charge in [0.15, 0.2) is 0 Å². The predicted molar refractivity (Wildman–Crippen MR) is 92.1 cm³/mol. The summed E-state index contributed by atoms with van der Waals surface area (Å²) in [6.07, 6.45) is 3.38. The van der Waals surface area contributed by atoms with Gasteiger partial charge in [-0.25, -0.2) is 0 Å². The number of hydrogen-bond acceptors (Lipinski definition) is 3. The van der Waals surface area contributed by atoms with Gasteiger partial charge in [0, 0.05) is 12.5 Å². The quantitative estimate of drug-likeness (QED) is 0.898. The SMILES string of the molecule is COc1c(C(C)C)ccc2c1CC[C@H]1[C@@H](CO)[C@H](O)CC[C@]21C. The molecule has 1 aromatic rings. The first-order valence-electron chi connectivity index (χ1n) is 8.93. The molecule has 1 aromatic carbocycles. The van der Waals surface area contributed by atoms with Crippen molar-refractivity contribution in [3.63, 3.8) is 0 Å². The molecule has 0 heterocycles. The van der Waals surface area contributed by atoms with Crippen molar-refractivity contribution in [1.29, 1.82) is 0 Å². The summed E-state index contributed by atoms with van der Waals surface area (Å²) in [5, 5.41) is 20.1. The highest BCUT2D eigenvalue weighted by atomic mass is 16.5. The van der Waals surface area contributed by atoms with Crippen molar-refractivity contribution < 1.29 is 14.9 Å². The molecular weight excluding hydrogens is 288 g/mol. The minimum absolute atomic E-state index is 0.00216. The van der Waals surface area contributed by atoms with Gasteiger partial charge in [-0.1, -0.05) is 32.9 Å². The summed E-state index contributed by atoms with van der Waals surface area (Å²) in [6.45, 7) is 6.81. The van der Waals surface area contributed by atoms with E-state index in [0.29, 0.717) is 11.8 Å².